The Labute approximate surface area is 209 Å². The van der Waals surface area contributed by atoms with Crippen LogP contribution in [0.2, 0.25) is 0 Å². The van der Waals surface area contributed by atoms with Crippen molar-refractivity contribution >= 4 is 11.2 Å². The van der Waals surface area contributed by atoms with E-state index < -0.39 is 6.10 Å². The summed E-state index contributed by atoms with van der Waals surface area (Å²) in [6.45, 7) is 6.04. The lowest BCUT2D eigenvalue weighted by Crippen LogP contribution is -2.41. The van der Waals surface area contributed by atoms with E-state index in [0.717, 1.165) is 17.1 Å². The number of nitrogens with one attached hydrogen (secondary N) is 1. The molecular formula is C26H34N6O4. The first-order valence-electron chi connectivity index (χ1n) is 12.6. The zero-order chi connectivity index (χ0) is 25.5. The van der Waals surface area contributed by atoms with Gasteiger partial charge in [-0.1, -0.05) is 49.3 Å². The van der Waals surface area contributed by atoms with Crippen LogP contribution in [0.3, 0.4) is 0 Å². The molecule has 4 rings (SSSR count). The minimum Gasteiger partial charge on any atom is -0.392 e. The Morgan fingerprint density at radius 3 is 2.53 bits per heavy atom. The predicted octanol–water partition coefficient (Wildman–Crippen LogP) is 1.95. The molecule has 0 bridgehead atoms. The minimum absolute atomic E-state index is 0.324. The number of aromatic nitrogens is 5. The lowest BCUT2D eigenvalue weighted by atomic mass is 10.1. The van der Waals surface area contributed by atoms with Gasteiger partial charge in [-0.25, -0.2) is 9.78 Å². The highest BCUT2D eigenvalue weighted by atomic mass is 16.5. The van der Waals surface area contributed by atoms with E-state index in [1.165, 1.54) is 10.8 Å². The summed E-state index contributed by atoms with van der Waals surface area (Å²) in [6.07, 6.45) is 3.41. The zero-order valence-electron chi connectivity index (χ0n) is 20.9. The van der Waals surface area contributed by atoms with Crippen LogP contribution in [0.1, 0.15) is 43.8 Å². The normalized spacial score (nSPS) is 12.4. The lowest BCUT2D eigenvalue weighted by Gasteiger charge is -2.14. The molecule has 0 spiro atoms. The molecule has 36 heavy (non-hydrogen) atoms. The second-order valence-electron chi connectivity index (χ2n) is 8.91. The monoisotopic (exact) mass is 494 g/mol. The second kappa shape index (κ2) is 12.0. The molecule has 0 radical (unpaired) electrons. The molecule has 3 heterocycles. The smallest absolute Gasteiger partial charge is 0.332 e. The van der Waals surface area contributed by atoms with Gasteiger partial charge < -0.3 is 19.5 Å². The maximum atomic E-state index is 13.6. The molecular weight excluding hydrogens is 460 g/mol. The van der Waals surface area contributed by atoms with Crippen LogP contribution in [-0.4, -0.2) is 48.1 Å². The highest BCUT2D eigenvalue weighted by Crippen LogP contribution is 2.16. The van der Waals surface area contributed by atoms with E-state index in [-0.39, 0.29) is 11.2 Å². The molecule has 0 aliphatic carbocycles. The molecule has 0 fully saturated rings. The van der Waals surface area contributed by atoms with Gasteiger partial charge in [0.1, 0.15) is 12.1 Å². The Hall–Kier alpha value is -3.50. The molecule has 192 valence electrons. The van der Waals surface area contributed by atoms with Crippen molar-refractivity contribution in [3.63, 3.8) is 0 Å². The van der Waals surface area contributed by atoms with Crippen LogP contribution < -0.4 is 16.6 Å². The maximum absolute atomic E-state index is 13.6. The van der Waals surface area contributed by atoms with Crippen molar-refractivity contribution < 1.29 is 9.63 Å². The molecule has 1 atom stereocenters. The Morgan fingerprint density at radius 2 is 1.83 bits per heavy atom. The van der Waals surface area contributed by atoms with E-state index in [1.54, 1.807) is 10.6 Å². The Kier molecular flexibility index (Phi) is 8.50. The fourth-order valence-electron chi connectivity index (χ4n) is 4.31. The summed E-state index contributed by atoms with van der Waals surface area (Å²) in [6, 6.07) is 11.7. The average Bonchev–Trinajstić information content (AvgIpc) is 3.53. The standard InChI is InChI=1S/C26H34N6O4/c1-3-13-32-25(34)23-24(31(26(32)35)14-10-20-11-16-36-29-20)28-22(17-19-8-6-5-7-9-19)30(23)15-12-27-18-21(33)4-2/h5-9,11,16,21,27,33H,3-4,10,12-15,17-18H2,1-2H3. The SMILES string of the molecule is CCCn1c(=O)c2c(nc(Cc3ccccc3)n2CCNCC(O)CC)n(CCc2ccon2)c1=O. The van der Waals surface area contributed by atoms with Crippen LogP contribution in [0, 0.1) is 0 Å². The average molecular weight is 495 g/mol. The van der Waals surface area contributed by atoms with E-state index in [4.69, 9.17) is 9.51 Å². The summed E-state index contributed by atoms with van der Waals surface area (Å²) >= 11 is 0. The molecule has 1 aromatic carbocycles. The van der Waals surface area contributed by atoms with Crippen LogP contribution in [0.15, 0.2) is 56.8 Å². The van der Waals surface area contributed by atoms with Crippen molar-refractivity contribution in [1.29, 1.82) is 0 Å². The van der Waals surface area contributed by atoms with Gasteiger partial charge in [0.15, 0.2) is 11.2 Å². The van der Waals surface area contributed by atoms with Crippen LogP contribution in [0.25, 0.3) is 11.2 Å². The van der Waals surface area contributed by atoms with Gasteiger partial charge in [0.2, 0.25) is 0 Å². The van der Waals surface area contributed by atoms with Crippen molar-refractivity contribution in [2.45, 2.75) is 65.3 Å². The summed E-state index contributed by atoms with van der Waals surface area (Å²) in [4.78, 5) is 31.8. The van der Waals surface area contributed by atoms with Gasteiger partial charge in [-0.15, -0.1) is 0 Å². The fourth-order valence-corrected chi connectivity index (χ4v) is 4.31. The number of imidazole rings is 1. The van der Waals surface area contributed by atoms with E-state index >= 15 is 0 Å². The largest absolute Gasteiger partial charge is 0.392 e. The summed E-state index contributed by atoms with van der Waals surface area (Å²) in [5.41, 5.74) is 1.92. The highest BCUT2D eigenvalue weighted by molar-refractivity contribution is 5.71. The molecule has 0 aliphatic heterocycles. The molecule has 10 nitrogen and oxygen atoms in total. The number of aryl methyl sites for hydroxylation is 2. The highest BCUT2D eigenvalue weighted by Gasteiger charge is 2.22. The quantitative estimate of drug-likeness (QED) is 0.273. The van der Waals surface area contributed by atoms with Gasteiger partial charge in [-0.2, -0.15) is 0 Å². The molecule has 2 N–H and O–H groups in total. The van der Waals surface area contributed by atoms with E-state index in [2.05, 4.69) is 10.5 Å². The van der Waals surface area contributed by atoms with Gasteiger partial charge >= 0.3 is 5.69 Å². The summed E-state index contributed by atoms with van der Waals surface area (Å²) in [5, 5.41) is 17.1. The predicted molar refractivity (Wildman–Crippen MR) is 137 cm³/mol. The first-order chi connectivity index (χ1) is 17.5. The third-order valence-corrected chi connectivity index (χ3v) is 6.29. The number of hydrogen-bond donors (Lipinski definition) is 2. The van der Waals surface area contributed by atoms with Gasteiger partial charge in [0.25, 0.3) is 5.56 Å². The molecule has 4 aromatic rings. The van der Waals surface area contributed by atoms with Gasteiger partial charge in [0.05, 0.1) is 11.8 Å². The van der Waals surface area contributed by atoms with Crippen LogP contribution in [0.5, 0.6) is 0 Å². The number of fused-ring (bicyclic) bond motifs is 1. The summed E-state index contributed by atoms with van der Waals surface area (Å²) in [5.74, 6) is 0.718. The lowest BCUT2D eigenvalue weighted by molar-refractivity contribution is 0.167. The molecule has 0 aliphatic rings. The third kappa shape index (κ3) is 5.66. The Bertz CT molecular complexity index is 1370. The van der Waals surface area contributed by atoms with Gasteiger partial charge in [-0.3, -0.25) is 13.9 Å². The molecule has 1 unspecified atom stereocenters. The number of rotatable bonds is 13. The Morgan fingerprint density at radius 1 is 1.03 bits per heavy atom. The first kappa shape index (κ1) is 25.6. The molecule has 0 amide bonds. The minimum atomic E-state index is -0.420. The van der Waals surface area contributed by atoms with Crippen molar-refractivity contribution in [2.75, 3.05) is 13.1 Å². The number of benzene rings is 1. The van der Waals surface area contributed by atoms with Gasteiger partial charge in [-0.05, 0) is 18.4 Å². The molecule has 0 saturated heterocycles. The Balaban J connectivity index is 1.80. The third-order valence-electron chi connectivity index (χ3n) is 6.29. The van der Waals surface area contributed by atoms with E-state index in [9.17, 15) is 14.7 Å². The van der Waals surface area contributed by atoms with Crippen LogP contribution in [-0.2, 0) is 32.5 Å². The number of aliphatic hydroxyl groups excluding tert-OH is 1. The zero-order valence-corrected chi connectivity index (χ0v) is 20.9. The topological polar surface area (TPSA) is 120 Å². The molecule has 10 heteroatoms. The van der Waals surface area contributed by atoms with Crippen LogP contribution >= 0.6 is 0 Å². The van der Waals surface area contributed by atoms with E-state index in [1.807, 2.05) is 48.7 Å². The maximum Gasteiger partial charge on any atom is 0.332 e. The van der Waals surface area contributed by atoms with Crippen LogP contribution in [0.4, 0.5) is 0 Å². The number of nitrogens with zero attached hydrogens (tertiary/aromatic N) is 5. The van der Waals surface area contributed by atoms with Crippen molar-refractivity contribution in [3.05, 3.63) is 80.6 Å². The molecule has 3 aromatic heterocycles. The summed E-state index contributed by atoms with van der Waals surface area (Å²) in [7, 11) is 0. The van der Waals surface area contributed by atoms with Crippen molar-refractivity contribution in [2.24, 2.45) is 0 Å². The van der Waals surface area contributed by atoms with E-state index in [0.29, 0.717) is 69.6 Å². The number of aliphatic hydroxyl groups is 1. The second-order valence-corrected chi connectivity index (χ2v) is 8.91. The summed E-state index contributed by atoms with van der Waals surface area (Å²) < 4.78 is 9.75. The number of hydrogen-bond acceptors (Lipinski definition) is 7. The van der Waals surface area contributed by atoms with Crippen molar-refractivity contribution in [1.82, 2.24) is 29.2 Å². The van der Waals surface area contributed by atoms with Gasteiger partial charge in [0, 0.05) is 51.6 Å². The molecule has 0 saturated carbocycles. The first-order valence-corrected chi connectivity index (χ1v) is 12.6. The fraction of sp³-hybridized carbons (Fsp3) is 0.462. The van der Waals surface area contributed by atoms with Crippen molar-refractivity contribution in [3.8, 4) is 0 Å².